The Balaban J connectivity index is 2.95. The monoisotopic (exact) mass is 384 g/mol. The van der Waals surface area contributed by atoms with Crippen LogP contribution in [0.4, 0.5) is 30.7 Å². The largest absolute Gasteiger partial charge is 0.495 e. The van der Waals surface area contributed by atoms with Crippen LogP contribution in [-0.4, -0.2) is 32.3 Å². The highest BCUT2D eigenvalue weighted by atomic mass is 19.4. The molecule has 0 N–H and O–H groups in total. The van der Waals surface area contributed by atoms with E-state index in [4.69, 9.17) is 4.74 Å². The van der Waals surface area contributed by atoms with Gasteiger partial charge in [-0.2, -0.15) is 30.7 Å². The van der Waals surface area contributed by atoms with Crippen LogP contribution in [0.25, 0.3) is 10.8 Å². The summed E-state index contributed by atoms with van der Waals surface area (Å²) in [5.74, 6) is -14.3. The Hall–Kier alpha value is -2.52. The first-order valence-corrected chi connectivity index (χ1v) is 6.91. The first-order chi connectivity index (χ1) is 11.9. The highest BCUT2D eigenvalue weighted by Gasteiger charge is 2.74. The van der Waals surface area contributed by atoms with Gasteiger partial charge in [-0.25, -0.2) is 4.79 Å². The molecule has 0 aliphatic heterocycles. The van der Waals surface area contributed by atoms with E-state index in [0.29, 0.717) is 6.07 Å². The van der Waals surface area contributed by atoms with Gasteiger partial charge >= 0.3 is 24.0 Å². The summed E-state index contributed by atoms with van der Waals surface area (Å²) in [5.41, 5.74) is -3.05. The van der Waals surface area contributed by atoms with E-state index in [1.807, 2.05) is 0 Å². The Morgan fingerprint density at radius 3 is 2.04 bits per heavy atom. The number of ether oxygens (including phenoxy) is 2. The summed E-state index contributed by atoms with van der Waals surface area (Å²) in [6.07, 6.45) is -6.55. The van der Waals surface area contributed by atoms with Crippen molar-refractivity contribution in [1.82, 2.24) is 0 Å². The van der Waals surface area contributed by atoms with Crippen LogP contribution in [0.5, 0.6) is 5.75 Å². The van der Waals surface area contributed by atoms with E-state index >= 15 is 0 Å². The van der Waals surface area contributed by atoms with Crippen molar-refractivity contribution in [3.8, 4) is 5.75 Å². The van der Waals surface area contributed by atoms with E-state index in [0.717, 1.165) is 14.2 Å². The topological polar surface area (TPSA) is 35.5 Å². The summed E-state index contributed by atoms with van der Waals surface area (Å²) >= 11 is 0. The van der Waals surface area contributed by atoms with Gasteiger partial charge in [-0.05, 0) is 11.5 Å². The van der Waals surface area contributed by atoms with Crippen LogP contribution in [0, 0.1) is 0 Å². The summed E-state index contributed by atoms with van der Waals surface area (Å²) < 4.78 is 102. The minimum atomic E-state index is -6.55. The fourth-order valence-corrected chi connectivity index (χ4v) is 2.43. The molecule has 2 aromatic carbocycles. The van der Waals surface area contributed by atoms with Crippen LogP contribution in [0.15, 0.2) is 30.3 Å². The first kappa shape index (κ1) is 19.8. The van der Waals surface area contributed by atoms with Gasteiger partial charge in [-0.3, -0.25) is 0 Å². The standard InChI is InChI=1S/C16H11F7O3/c1-25-12-9-6-4-3-5-8(9)7-10(11(12)13(24)26-2)14(17,18)15(19,20)16(21,22)23/h3-7H,1-2H3. The number of esters is 1. The van der Waals surface area contributed by atoms with E-state index in [1.54, 1.807) is 0 Å². The molecule has 0 fully saturated rings. The Morgan fingerprint density at radius 1 is 0.962 bits per heavy atom. The smallest absolute Gasteiger partial charge is 0.460 e. The van der Waals surface area contributed by atoms with Crippen LogP contribution < -0.4 is 4.74 Å². The van der Waals surface area contributed by atoms with Gasteiger partial charge in [0.15, 0.2) is 0 Å². The predicted molar refractivity (Wildman–Crippen MR) is 76.7 cm³/mol. The Bertz CT molecular complexity index is 844. The van der Waals surface area contributed by atoms with Gasteiger partial charge in [0.05, 0.1) is 14.2 Å². The van der Waals surface area contributed by atoms with Crippen molar-refractivity contribution in [1.29, 1.82) is 0 Å². The summed E-state index contributed by atoms with van der Waals surface area (Å²) in [6, 6.07) is 5.70. The second-order valence-electron chi connectivity index (χ2n) is 5.19. The average molecular weight is 384 g/mol. The number of benzene rings is 2. The number of fused-ring (bicyclic) bond motifs is 1. The number of hydrogen-bond acceptors (Lipinski definition) is 3. The molecular weight excluding hydrogens is 373 g/mol. The maximum absolute atomic E-state index is 14.3. The molecule has 0 spiro atoms. The van der Waals surface area contributed by atoms with Gasteiger partial charge in [0.25, 0.3) is 0 Å². The molecule has 0 aliphatic carbocycles. The third-order valence-electron chi connectivity index (χ3n) is 3.68. The van der Waals surface area contributed by atoms with Crippen molar-refractivity contribution in [3.63, 3.8) is 0 Å². The number of alkyl halides is 7. The fraction of sp³-hybridized carbons (Fsp3) is 0.312. The summed E-state index contributed by atoms with van der Waals surface area (Å²) in [5, 5.41) is -0.0603. The molecule has 0 saturated carbocycles. The van der Waals surface area contributed by atoms with Gasteiger partial charge in [0.1, 0.15) is 11.3 Å². The molecule has 0 heterocycles. The molecule has 142 valence electrons. The molecule has 0 bridgehead atoms. The fourth-order valence-electron chi connectivity index (χ4n) is 2.43. The minimum Gasteiger partial charge on any atom is -0.495 e. The molecule has 2 aromatic rings. The molecule has 3 nitrogen and oxygen atoms in total. The normalized spacial score (nSPS) is 13.0. The second-order valence-corrected chi connectivity index (χ2v) is 5.19. The maximum Gasteiger partial charge on any atom is 0.460 e. The molecule has 0 radical (unpaired) electrons. The maximum atomic E-state index is 14.3. The quantitative estimate of drug-likeness (QED) is 0.554. The Morgan fingerprint density at radius 2 is 1.54 bits per heavy atom. The lowest BCUT2D eigenvalue weighted by Gasteiger charge is -2.30. The lowest BCUT2D eigenvalue weighted by Crippen LogP contribution is -2.50. The van der Waals surface area contributed by atoms with Crippen LogP contribution in [0.3, 0.4) is 0 Å². The van der Waals surface area contributed by atoms with Crippen molar-refractivity contribution in [2.75, 3.05) is 14.2 Å². The van der Waals surface area contributed by atoms with E-state index in [1.165, 1.54) is 24.3 Å². The van der Waals surface area contributed by atoms with Gasteiger partial charge in [0.2, 0.25) is 0 Å². The molecule has 0 unspecified atom stereocenters. The lowest BCUT2D eigenvalue weighted by atomic mass is 9.92. The zero-order valence-corrected chi connectivity index (χ0v) is 13.3. The van der Waals surface area contributed by atoms with E-state index in [9.17, 15) is 35.5 Å². The number of rotatable bonds is 4. The first-order valence-electron chi connectivity index (χ1n) is 6.91. The Labute approximate surface area is 142 Å². The van der Waals surface area contributed by atoms with Crippen molar-refractivity contribution < 1.29 is 45.0 Å². The molecule has 0 aliphatic rings. The molecule has 0 atom stereocenters. The molecule has 0 amide bonds. The van der Waals surface area contributed by atoms with Gasteiger partial charge in [-0.1, -0.05) is 24.3 Å². The molecule has 26 heavy (non-hydrogen) atoms. The Kier molecular flexibility index (Phi) is 4.82. The van der Waals surface area contributed by atoms with E-state index in [-0.39, 0.29) is 10.8 Å². The lowest BCUT2D eigenvalue weighted by molar-refractivity contribution is -0.359. The highest BCUT2D eigenvalue weighted by Crippen LogP contribution is 2.54. The third-order valence-corrected chi connectivity index (χ3v) is 3.68. The SMILES string of the molecule is COC(=O)c1c(C(F)(F)C(F)(F)C(F)(F)F)cc2ccccc2c1OC. The van der Waals surface area contributed by atoms with Crippen LogP contribution >= 0.6 is 0 Å². The minimum absolute atomic E-state index is 0.0604. The zero-order chi connectivity index (χ0) is 19.9. The third kappa shape index (κ3) is 2.82. The molecule has 2 rings (SSSR count). The van der Waals surface area contributed by atoms with Crippen LogP contribution in [0.1, 0.15) is 15.9 Å². The highest BCUT2D eigenvalue weighted by molar-refractivity contribution is 6.03. The molecule has 0 saturated heterocycles. The van der Waals surface area contributed by atoms with E-state index < -0.39 is 40.9 Å². The zero-order valence-electron chi connectivity index (χ0n) is 13.3. The summed E-state index contributed by atoms with van der Waals surface area (Å²) in [7, 11) is 1.72. The molecular formula is C16H11F7O3. The summed E-state index contributed by atoms with van der Waals surface area (Å²) in [4.78, 5) is 11.9. The van der Waals surface area contributed by atoms with Gasteiger partial charge in [-0.15, -0.1) is 0 Å². The number of halogens is 7. The molecule has 10 heteroatoms. The number of methoxy groups -OCH3 is 2. The molecule has 0 aromatic heterocycles. The van der Waals surface area contributed by atoms with Gasteiger partial charge < -0.3 is 9.47 Å². The van der Waals surface area contributed by atoms with Crippen molar-refractivity contribution in [2.45, 2.75) is 18.0 Å². The van der Waals surface area contributed by atoms with Gasteiger partial charge in [0, 0.05) is 10.9 Å². The second kappa shape index (κ2) is 6.33. The summed E-state index contributed by atoms with van der Waals surface area (Å²) in [6.45, 7) is 0. The average Bonchev–Trinajstić information content (AvgIpc) is 2.58. The number of carbonyl (C=O) groups excluding carboxylic acids is 1. The van der Waals surface area contributed by atoms with Crippen molar-refractivity contribution in [3.05, 3.63) is 41.5 Å². The van der Waals surface area contributed by atoms with Crippen molar-refractivity contribution in [2.24, 2.45) is 0 Å². The van der Waals surface area contributed by atoms with Crippen molar-refractivity contribution >= 4 is 16.7 Å². The number of hydrogen-bond donors (Lipinski definition) is 0. The van der Waals surface area contributed by atoms with E-state index in [2.05, 4.69) is 4.74 Å². The van der Waals surface area contributed by atoms with Crippen LogP contribution in [0.2, 0.25) is 0 Å². The predicted octanol–water partition coefficient (Wildman–Crippen LogP) is 4.92. The van der Waals surface area contributed by atoms with Crippen LogP contribution in [-0.2, 0) is 10.7 Å². The number of carbonyl (C=O) groups is 1.